The first kappa shape index (κ1) is 16.5. The fourth-order valence-electron chi connectivity index (χ4n) is 4.19. The summed E-state index contributed by atoms with van der Waals surface area (Å²) in [6, 6.07) is 24.2. The zero-order valence-electron chi connectivity index (χ0n) is 15.5. The van der Waals surface area contributed by atoms with Gasteiger partial charge in [-0.1, -0.05) is 35.9 Å². The highest BCUT2D eigenvalue weighted by Gasteiger charge is 2.15. The number of nitrogens with zero attached hydrogens (tertiary/aromatic N) is 1. The molecule has 0 N–H and O–H groups in total. The first-order chi connectivity index (χ1) is 14.7. The van der Waals surface area contributed by atoms with Crippen molar-refractivity contribution in [3.63, 3.8) is 0 Å². The van der Waals surface area contributed by atoms with Crippen molar-refractivity contribution in [2.75, 3.05) is 0 Å². The lowest BCUT2D eigenvalue weighted by molar-refractivity contribution is 0.669. The number of aromatic nitrogens is 1. The Hall–Kier alpha value is -3.34. The molecule has 7 rings (SSSR count). The molecule has 0 amide bonds. The van der Waals surface area contributed by atoms with Crippen LogP contribution < -0.4 is 0 Å². The summed E-state index contributed by atoms with van der Waals surface area (Å²) in [6.45, 7) is 0. The van der Waals surface area contributed by atoms with Gasteiger partial charge in [-0.2, -0.15) is 0 Å². The molecule has 0 unspecified atom stereocenters. The highest BCUT2D eigenvalue weighted by molar-refractivity contribution is 7.21. The molecule has 0 saturated heterocycles. The van der Waals surface area contributed by atoms with Crippen LogP contribution in [0.2, 0.25) is 5.02 Å². The monoisotopic (exact) mass is 425 g/mol. The van der Waals surface area contributed by atoms with E-state index in [2.05, 4.69) is 24.3 Å². The molecular formula is C25H12ClNO2S. The zero-order chi connectivity index (χ0) is 19.8. The Kier molecular flexibility index (Phi) is 3.21. The molecule has 0 bridgehead atoms. The number of thiazole rings is 1. The van der Waals surface area contributed by atoms with Gasteiger partial charge in [0, 0.05) is 33.2 Å². The van der Waals surface area contributed by atoms with E-state index in [1.54, 1.807) is 11.3 Å². The van der Waals surface area contributed by atoms with E-state index in [4.69, 9.17) is 25.4 Å². The van der Waals surface area contributed by atoms with E-state index >= 15 is 0 Å². The molecule has 0 fully saturated rings. The van der Waals surface area contributed by atoms with Crippen LogP contribution in [-0.2, 0) is 0 Å². The van der Waals surface area contributed by atoms with Crippen LogP contribution in [0.15, 0.2) is 81.6 Å². The largest absolute Gasteiger partial charge is 0.456 e. The second-order valence-electron chi connectivity index (χ2n) is 7.36. The fourth-order valence-corrected chi connectivity index (χ4v) is 5.44. The third-order valence-corrected chi connectivity index (χ3v) is 6.96. The minimum atomic E-state index is 0.702. The normalized spacial score (nSPS) is 12.2. The van der Waals surface area contributed by atoms with Crippen molar-refractivity contribution >= 4 is 77.0 Å². The van der Waals surface area contributed by atoms with E-state index in [0.717, 1.165) is 64.7 Å². The first-order valence-electron chi connectivity index (χ1n) is 9.58. The summed E-state index contributed by atoms with van der Waals surface area (Å²) in [5.41, 5.74) is 5.40. The maximum Gasteiger partial charge on any atom is 0.137 e. The van der Waals surface area contributed by atoms with Crippen LogP contribution in [-0.4, -0.2) is 4.98 Å². The number of hydrogen-bond donors (Lipinski definition) is 0. The molecule has 4 aromatic carbocycles. The number of hydrogen-bond acceptors (Lipinski definition) is 4. The van der Waals surface area contributed by atoms with Gasteiger partial charge in [-0.3, -0.25) is 0 Å². The summed E-state index contributed by atoms with van der Waals surface area (Å²) >= 11 is 8.11. The Labute approximate surface area is 179 Å². The Morgan fingerprint density at radius 2 is 1.53 bits per heavy atom. The molecule has 0 atom stereocenters. The van der Waals surface area contributed by atoms with Gasteiger partial charge in [0.15, 0.2) is 0 Å². The first-order valence-corrected chi connectivity index (χ1v) is 10.8. The van der Waals surface area contributed by atoms with E-state index in [0.29, 0.717) is 5.02 Å². The van der Waals surface area contributed by atoms with Gasteiger partial charge in [0.2, 0.25) is 0 Å². The number of fused-ring (bicyclic) bond motifs is 7. The van der Waals surface area contributed by atoms with Gasteiger partial charge in [-0.25, -0.2) is 4.98 Å². The standard InChI is InChI=1S/C25H12ClNO2S/c26-17-5-3-7-21-24(17)16-11-23-18(12-22(16)29-21)27-25(30-23)13-8-9-20-15(10-13)14-4-1-2-6-19(14)28-20/h1-12H. The van der Waals surface area contributed by atoms with E-state index in [-0.39, 0.29) is 0 Å². The van der Waals surface area contributed by atoms with Crippen LogP contribution in [0.3, 0.4) is 0 Å². The molecule has 0 aliphatic rings. The Morgan fingerprint density at radius 3 is 2.50 bits per heavy atom. The van der Waals surface area contributed by atoms with Crippen molar-refractivity contribution in [1.82, 2.24) is 4.98 Å². The number of benzene rings is 4. The zero-order valence-corrected chi connectivity index (χ0v) is 17.1. The van der Waals surface area contributed by atoms with Crippen molar-refractivity contribution < 1.29 is 8.83 Å². The maximum absolute atomic E-state index is 6.44. The fraction of sp³-hybridized carbons (Fsp3) is 0. The van der Waals surface area contributed by atoms with Gasteiger partial charge in [-0.15, -0.1) is 11.3 Å². The summed E-state index contributed by atoms with van der Waals surface area (Å²) in [5.74, 6) is 0. The molecule has 0 saturated carbocycles. The quantitative estimate of drug-likeness (QED) is 0.265. The van der Waals surface area contributed by atoms with Crippen molar-refractivity contribution in [1.29, 1.82) is 0 Å². The molecule has 3 heterocycles. The highest BCUT2D eigenvalue weighted by Crippen LogP contribution is 2.40. The van der Waals surface area contributed by atoms with Crippen LogP contribution in [0.4, 0.5) is 0 Å². The van der Waals surface area contributed by atoms with Gasteiger partial charge >= 0.3 is 0 Å². The molecular weight excluding hydrogens is 414 g/mol. The van der Waals surface area contributed by atoms with E-state index < -0.39 is 0 Å². The maximum atomic E-state index is 6.44. The summed E-state index contributed by atoms with van der Waals surface area (Å²) in [6.07, 6.45) is 0. The number of furan rings is 2. The minimum Gasteiger partial charge on any atom is -0.456 e. The lowest BCUT2D eigenvalue weighted by atomic mass is 10.1. The summed E-state index contributed by atoms with van der Waals surface area (Å²) in [5, 5.41) is 5.88. The summed E-state index contributed by atoms with van der Waals surface area (Å²) < 4.78 is 13.1. The van der Waals surface area contributed by atoms with Crippen LogP contribution in [0.5, 0.6) is 0 Å². The van der Waals surface area contributed by atoms with Crippen molar-refractivity contribution in [2.24, 2.45) is 0 Å². The molecule has 0 spiro atoms. The highest BCUT2D eigenvalue weighted by atomic mass is 35.5. The van der Waals surface area contributed by atoms with Gasteiger partial charge < -0.3 is 8.83 Å². The molecule has 5 heteroatoms. The molecule has 3 aromatic heterocycles. The SMILES string of the molecule is Clc1cccc2oc3cc4nc(-c5ccc6oc7ccccc7c6c5)sc4cc3c12. The van der Waals surface area contributed by atoms with E-state index in [9.17, 15) is 0 Å². The predicted octanol–water partition coefficient (Wildman–Crippen LogP) is 8.42. The van der Waals surface area contributed by atoms with E-state index in [1.165, 1.54) is 0 Å². The lowest BCUT2D eigenvalue weighted by Crippen LogP contribution is -1.76. The summed E-state index contributed by atoms with van der Waals surface area (Å²) in [7, 11) is 0. The molecule has 7 aromatic rings. The van der Waals surface area contributed by atoms with Crippen LogP contribution >= 0.6 is 22.9 Å². The summed E-state index contributed by atoms with van der Waals surface area (Å²) in [4.78, 5) is 4.89. The van der Waals surface area contributed by atoms with Gasteiger partial charge in [0.25, 0.3) is 0 Å². The predicted molar refractivity (Wildman–Crippen MR) is 125 cm³/mol. The number of para-hydroxylation sites is 1. The second-order valence-corrected chi connectivity index (χ2v) is 8.80. The van der Waals surface area contributed by atoms with Crippen molar-refractivity contribution in [2.45, 2.75) is 0 Å². The number of rotatable bonds is 1. The van der Waals surface area contributed by atoms with Crippen molar-refractivity contribution in [3.8, 4) is 10.6 Å². The van der Waals surface area contributed by atoms with Gasteiger partial charge in [0.05, 0.1) is 15.2 Å². The molecule has 0 aliphatic heterocycles. The molecule has 0 radical (unpaired) electrons. The van der Waals surface area contributed by atoms with Crippen LogP contribution in [0.1, 0.15) is 0 Å². The third-order valence-electron chi connectivity index (χ3n) is 5.58. The minimum absolute atomic E-state index is 0.702. The Balaban J connectivity index is 1.46. The smallest absolute Gasteiger partial charge is 0.137 e. The molecule has 0 aliphatic carbocycles. The van der Waals surface area contributed by atoms with Gasteiger partial charge in [0.1, 0.15) is 27.3 Å². The Morgan fingerprint density at radius 1 is 0.700 bits per heavy atom. The topological polar surface area (TPSA) is 39.2 Å². The second kappa shape index (κ2) is 5.85. The lowest BCUT2D eigenvalue weighted by Gasteiger charge is -1.96. The van der Waals surface area contributed by atoms with Crippen molar-refractivity contribution in [3.05, 3.63) is 77.8 Å². The van der Waals surface area contributed by atoms with Crippen LogP contribution in [0.25, 0.3) is 64.7 Å². The molecule has 3 nitrogen and oxygen atoms in total. The van der Waals surface area contributed by atoms with Gasteiger partial charge in [-0.05, 0) is 42.5 Å². The average Bonchev–Trinajstić information content (AvgIpc) is 3.44. The third kappa shape index (κ3) is 2.23. The number of halogens is 1. The molecule has 142 valence electrons. The van der Waals surface area contributed by atoms with E-state index in [1.807, 2.05) is 48.5 Å². The molecule has 30 heavy (non-hydrogen) atoms. The Bertz CT molecular complexity index is 1770. The van der Waals surface area contributed by atoms with Crippen LogP contribution in [0, 0.1) is 0 Å². The average molecular weight is 426 g/mol.